The van der Waals surface area contributed by atoms with Crippen molar-refractivity contribution in [2.24, 2.45) is 0 Å². The molecule has 0 bridgehead atoms. The number of halogens is 3. The van der Waals surface area contributed by atoms with Crippen molar-refractivity contribution < 1.29 is 17.9 Å². The van der Waals surface area contributed by atoms with Crippen molar-refractivity contribution in [2.75, 3.05) is 26.3 Å². The number of ether oxygens (including phenoxy) is 1. The molecule has 0 saturated heterocycles. The second-order valence-corrected chi connectivity index (χ2v) is 4.31. The minimum atomic E-state index is -4.33. The van der Waals surface area contributed by atoms with E-state index in [0.717, 1.165) is 25.4 Å². The van der Waals surface area contributed by atoms with Crippen LogP contribution in [0.5, 0.6) is 0 Å². The number of hydrogen-bond acceptors (Lipinski definition) is 3. The van der Waals surface area contributed by atoms with E-state index in [1.54, 1.807) is 0 Å². The molecule has 1 unspecified atom stereocenters. The first-order valence-corrected chi connectivity index (χ1v) is 6.35. The summed E-state index contributed by atoms with van der Waals surface area (Å²) in [6.45, 7) is 6.50. The van der Waals surface area contributed by atoms with E-state index >= 15 is 0 Å². The van der Waals surface area contributed by atoms with Gasteiger partial charge in [0.25, 0.3) is 0 Å². The van der Waals surface area contributed by atoms with E-state index in [2.05, 4.69) is 10.4 Å². The van der Waals surface area contributed by atoms with Crippen LogP contribution in [-0.4, -0.2) is 36.1 Å². The van der Waals surface area contributed by atoms with Crippen molar-refractivity contribution in [3.05, 3.63) is 18.0 Å². The molecule has 0 aliphatic carbocycles. The van der Waals surface area contributed by atoms with Gasteiger partial charge in [0.1, 0.15) is 0 Å². The van der Waals surface area contributed by atoms with Crippen molar-refractivity contribution in [2.45, 2.75) is 32.5 Å². The number of aromatic nitrogens is 2. The topological polar surface area (TPSA) is 39.1 Å². The molecule has 4 nitrogen and oxygen atoms in total. The molecule has 110 valence electrons. The summed E-state index contributed by atoms with van der Waals surface area (Å²) in [4.78, 5) is 0. The van der Waals surface area contributed by atoms with Crippen LogP contribution in [-0.2, 0) is 10.9 Å². The first kappa shape index (κ1) is 16.0. The zero-order valence-electron chi connectivity index (χ0n) is 11.2. The van der Waals surface area contributed by atoms with Gasteiger partial charge in [-0.15, -0.1) is 0 Å². The van der Waals surface area contributed by atoms with Gasteiger partial charge in [-0.05, 0) is 26.8 Å². The Balaban J connectivity index is 2.29. The van der Waals surface area contributed by atoms with Crippen molar-refractivity contribution in [3.8, 4) is 0 Å². The maximum absolute atomic E-state index is 12.4. The lowest BCUT2D eigenvalue weighted by molar-refractivity contribution is -0.137. The Labute approximate surface area is 110 Å². The zero-order chi connectivity index (χ0) is 14.3. The van der Waals surface area contributed by atoms with Gasteiger partial charge >= 0.3 is 6.18 Å². The molecule has 0 aromatic carbocycles. The molecule has 7 heteroatoms. The molecule has 1 rings (SSSR count). The van der Waals surface area contributed by atoms with E-state index in [4.69, 9.17) is 4.74 Å². The van der Waals surface area contributed by atoms with Crippen molar-refractivity contribution >= 4 is 0 Å². The van der Waals surface area contributed by atoms with Crippen LogP contribution in [0, 0.1) is 0 Å². The predicted octanol–water partition coefficient (Wildman–Crippen LogP) is 2.48. The van der Waals surface area contributed by atoms with Gasteiger partial charge in [-0.1, -0.05) is 0 Å². The minimum absolute atomic E-state index is 0.122. The number of nitrogens with zero attached hydrogens (tertiary/aromatic N) is 2. The molecule has 0 radical (unpaired) electrons. The van der Waals surface area contributed by atoms with Gasteiger partial charge in [-0.25, -0.2) is 0 Å². The summed E-state index contributed by atoms with van der Waals surface area (Å²) in [5.41, 5.74) is -0.712. The summed E-state index contributed by atoms with van der Waals surface area (Å²) in [6.07, 6.45) is -1.56. The molecular formula is C12H20F3N3O. The third kappa shape index (κ3) is 5.61. The number of hydrogen-bond donors (Lipinski definition) is 1. The van der Waals surface area contributed by atoms with Gasteiger partial charge in [0, 0.05) is 26.0 Å². The highest BCUT2D eigenvalue weighted by molar-refractivity contribution is 5.08. The molecule has 0 amide bonds. The first-order chi connectivity index (χ1) is 8.95. The molecule has 0 aliphatic heterocycles. The molecular weight excluding hydrogens is 259 g/mol. The molecule has 1 atom stereocenters. The van der Waals surface area contributed by atoms with Crippen molar-refractivity contribution in [3.63, 3.8) is 0 Å². The number of nitrogens with one attached hydrogen (secondary N) is 1. The third-order valence-electron chi connectivity index (χ3n) is 2.67. The van der Waals surface area contributed by atoms with E-state index < -0.39 is 11.7 Å². The third-order valence-corrected chi connectivity index (χ3v) is 2.67. The molecule has 19 heavy (non-hydrogen) atoms. The van der Waals surface area contributed by atoms with Gasteiger partial charge < -0.3 is 10.1 Å². The Hall–Kier alpha value is -1.08. The average molecular weight is 279 g/mol. The molecule has 0 fully saturated rings. The van der Waals surface area contributed by atoms with E-state index in [0.29, 0.717) is 19.8 Å². The Kier molecular flexibility index (Phi) is 6.30. The fraction of sp³-hybridized carbons (Fsp3) is 0.750. The van der Waals surface area contributed by atoms with Crippen molar-refractivity contribution in [1.29, 1.82) is 0 Å². The SMILES string of the molecule is CCOCCCNCC(C)n1cc(C(F)(F)F)cn1. The van der Waals surface area contributed by atoms with Crippen LogP contribution in [0.25, 0.3) is 0 Å². The predicted molar refractivity (Wildman–Crippen MR) is 65.9 cm³/mol. The van der Waals surface area contributed by atoms with Gasteiger partial charge in [0.15, 0.2) is 0 Å². The second kappa shape index (κ2) is 7.49. The molecule has 1 heterocycles. The molecule has 0 aliphatic rings. The van der Waals surface area contributed by atoms with E-state index in [-0.39, 0.29) is 6.04 Å². The van der Waals surface area contributed by atoms with Crippen LogP contribution in [0.2, 0.25) is 0 Å². The lowest BCUT2D eigenvalue weighted by Gasteiger charge is -2.13. The summed E-state index contributed by atoms with van der Waals surface area (Å²) in [5.74, 6) is 0. The highest BCUT2D eigenvalue weighted by atomic mass is 19.4. The highest BCUT2D eigenvalue weighted by Crippen LogP contribution is 2.28. The Bertz CT molecular complexity index is 365. The Morgan fingerprint density at radius 2 is 2.21 bits per heavy atom. The first-order valence-electron chi connectivity index (χ1n) is 6.35. The molecule has 1 N–H and O–H groups in total. The maximum Gasteiger partial charge on any atom is 0.419 e. The summed E-state index contributed by atoms with van der Waals surface area (Å²) >= 11 is 0. The molecule has 1 aromatic heterocycles. The minimum Gasteiger partial charge on any atom is -0.382 e. The van der Waals surface area contributed by atoms with E-state index in [1.165, 1.54) is 4.68 Å². The average Bonchev–Trinajstić information content (AvgIpc) is 2.82. The van der Waals surface area contributed by atoms with Gasteiger partial charge in [0.2, 0.25) is 0 Å². The van der Waals surface area contributed by atoms with Crippen LogP contribution in [0.4, 0.5) is 13.2 Å². The standard InChI is InChI=1S/C12H20F3N3O/c1-3-19-6-4-5-16-7-10(2)18-9-11(8-17-18)12(13,14)15/h8-10,16H,3-7H2,1-2H3. The molecule has 1 aromatic rings. The van der Waals surface area contributed by atoms with Crippen LogP contribution in [0.15, 0.2) is 12.4 Å². The fourth-order valence-corrected chi connectivity index (χ4v) is 1.57. The monoisotopic (exact) mass is 279 g/mol. The highest BCUT2D eigenvalue weighted by Gasteiger charge is 2.32. The zero-order valence-corrected chi connectivity index (χ0v) is 11.2. The largest absolute Gasteiger partial charge is 0.419 e. The summed E-state index contributed by atoms with van der Waals surface area (Å²) in [6, 6.07) is -0.122. The van der Waals surface area contributed by atoms with E-state index in [9.17, 15) is 13.2 Å². The Morgan fingerprint density at radius 1 is 1.47 bits per heavy atom. The lowest BCUT2D eigenvalue weighted by atomic mass is 10.3. The smallest absolute Gasteiger partial charge is 0.382 e. The van der Waals surface area contributed by atoms with Gasteiger partial charge in [-0.2, -0.15) is 18.3 Å². The fourth-order valence-electron chi connectivity index (χ4n) is 1.57. The Morgan fingerprint density at radius 3 is 2.79 bits per heavy atom. The summed E-state index contributed by atoms with van der Waals surface area (Å²) < 4.78 is 43.7. The summed E-state index contributed by atoms with van der Waals surface area (Å²) in [7, 11) is 0. The van der Waals surface area contributed by atoms with Crippen LogP contribution >= 0.6 is 0 Å². The number of rotatable bonds is 8. The van der Waals surface area contributed by atoms with Crippen LogP contribution in [0.3, 0.4) is 0 Å². The molecule has 0 spiro atoms. The van der Waals surface area contributed by atoms with Gasteiger partial charge in [0.05, 0.1) is 17.8 Å². The van der Waals surface area contributed by atoms with Crippen molar-refractivity contribution in [1.82, 2.24) is 15.1 Å². The number of alkyl halides is 3. The van der Waals surface area contributed by atoms with Crippen LogP contribution in [0.1, 0.15) is 31.9 Å². The van der Waals surface area contributed by atoms with Gasteiger partial charge in [-0.3, -0.25) is 4.68 Å². The lowest BCUT2D eigenvalue weighted by Crippen LogP contribution is -2.25. The second-order valence-electron chi connectivity index (χ2n) is 4.31. The molecule has 0 saturated carbocycles. The quantitative estimate of drug-likeness (QED) is 0.743. The van der Waals surface area contributed by atoms with E-state index in [1.807, 2.05) is 13.8 Å². The maximum atomic E-state index is 12.4. The normalized spacial score (nSPS) is 13.7. The van der Waals surface area contributed by atoms with Crippen LogP contribution < -0.4 is 5.32 Å². The summed E-state index contributed by atoms with van der Waals surface area (Å²) in [5, 5.41) is 6.91.